The van der Waals surface area contributed by atoms with Crippen LogP contribution < -0.4 is 5.32 Å². The highest BCUT2D eigenvalue weighted by molar-refractivity contribution is 5.39. The number of hydrogen-bond donors (Lipinski definition) is 2. The third-order valence-electron chi connectivity index (χ3n) is 3.94. The Balaban J connectivity index is 1.89. The average Bonchev–Trinajstić information content (AvgIpc) is 2.91. The molecule has 8 nitrogen and oxygen atoms in total. The Kier molecular flexibility index (Phi) is 4.92. The van der Waals surface area contributed by atoms with Crippen molar-refractivity contribution in [1.29, 1.82) is 0 Å². The van der Waals surface area contributed by atoms with E-state index >= 15 is 0 Å². The molecule has 0 saturated carbocycles. The predicted octanol–water partition coefficient (Wildman–Crippen LogP) is 0.0627. The molecular formula is C13H23N5O3. The van der Waals surface area contributed by atoms with Gasteiger partial charge < -0.3 is 15.3 Å². The Morgan fingerprint density at radius 1 is 1.57 bits per heavy atom. The average molecular weight is 297 g/mol. The lowest BCUT2D eigenvalue weighted by Gasteiger charge is -2.17. The van der Waals surface area contributed by atoms with Crippen LogP contribution in [0.3, 0.4) is 0 Å². The van der Waals surface area contributed by atoms with E-state index in [1.54, 1.807) is 13.8 Å². The first kappa shape index (κ1) is 15.9. The first-order valence-corrected chi connectivity index (χ1v) is 7.17. The largest absolute Gasteiger partial charge is 0.390 e. The fourth-order valence-corrected chi connectivity index (χ4v) is 2.80. The first-order valence-electron chi connectivity index (χ1n) is 7.17. The Labute approximate surface area is 123 Å². The van der Waals surface area contributed by atoms with Crippen LogP contribution in [0.5, 0.6) is 0 Å². The number of aliphatic hydroxyl groups excluding tert-OH is 1. The van der Waals surface area contributed by atoms with E-state index in [0.717, 1.165) is 19.5 Å². The van der Waals surface area contributed by atoms with Crippen LogP contribution in [-0.4, -0.2) is 63.5 Å². The molecule has 2 N–H and O–H groups in total. The zero-order chi connectivity index (χ0) is 15.6. The Morgan fingerprint density at radius 2 is 2.29 bits per heavy atom. The Morgan fingerprint density at radius 3 is 2.81 bits per heavy atom. The van der Waals surface area contributed by atoms with Crippen LogP contribution in [0.4, 0.5) is 5.69 Å². The topological polar surface area (TPSA) is 96.5 Å². The third kappa shape index (κ3) is 3.78. The minimum Gasteiger partial charge on any atom is -0.390 e. The summed E-state index contributed by atoms with van der Waals surface area (Å²) in [6.07, 6.45) is 0.461. The van der Waals surface area contributed by atoms with Gasteiger partial charge in [-0.25, -0.2) is 0 Å². The van der Waals surface area contributed by atoms with Crippen molar-refractivity contribution in [1.82, 2.24) is 20.0 Å². The fraction of sp³-hybridized carbons (Fsp3) is 0.769. The molecule has 1 aliphatic rings. The van der Waals surface area contributed by atoms with Gasteiger partial charge in [-0.2, -0.15) is 5.10 Å². The Bertz CT molecular complexity index is 516. The van der Waals surface area contributed by atoms with E-state index in [2.05, 4.69) is 22.4 Å². The second kappa shape index (κ2) is 6.50. The summed E-state index contributed by atoms with van der Waals surface area (Å²) < 4.78 is 1.51. The highest BCUT2D eigenvalue weighted by Crippen LogP contribution is 2.21. The molecule has 0 amide bonds. The molecule has 1 saturated heterocycles. The van der Waals surface area contributed by atoms with Crippen LogP contribution in [0.1, 0.15) is 17.8 Å². The zero-order valence-corrected chi connectivity index (χ0v) is 12.7. The van der Waals surface area contributed by atoms with Gasteiger partial charge in [-0.05, 0) is 33.9 Å². The molecule has 2 unspecified atom stereocenters. The molecule has 0 spiro atoms. The molecule has 8 heteroatoms. The molecule has 1 aliphatic heterocycles. The smallest absolute Gasteiger partial charge is 0.312 e. The molecule has 0 aliphatic carbocycles. The fourth-order valence-electron chi connectivity index (χ4n) is 2.80. The second-order valence-electron chi connectivity index (χ2n) is 5.77. The lowest BCUT2D eigenvalue weighted by Crippen LogP contribution is -2.38. The number of hydrogen-bond acceptors (Lipinski definition) is 6. The number of aliphatic hydroxyl groups is 1. The van der Waals surface area contributed by atoms with Crippen molar-refractivity contribution in [2.24, 2.45) is 0 Å². The molecule has 1 fully saturated rings. The number of rotatable bonds is 6. The van der Waals surface area contributed by atoms with Gasteiger partial charge in [0.1, 0.15) is 11.4 Å². The van der Waals surface area contributed by atoms with Gasteiger partial charge in [0.05, 0.1) is 17.6 Å². The van der Waals surface area contributed by atoms with Crippen LogP contribution in [0.15, 0.2) is 0 Å². The number of nitrogens with one attached hydrogen (secondary N) is 1. The molecule has 21 heavy (non-hydrogen) atoms. The molecule has 2 atom stereocenters. The number of aromatic nitrogens is 2. The summed E-state index contributed by atoms with van der Waals surface area (Å²) in [5.41, 5.74) is 0.903. The van der Waals surface area contributed by atoms with E-state index in [-0.39, 0.29) is 12.2 Å². The van der Waals surface area contributed by atoms with Crippen molar-refractivity contribution in [3.05, 3.63) is 21.5 Å². The van der Waals surface area contributed by atoms with Crippen molar-refractivity contribution in [3.63, 3.8) is 0 Å². The number of likely N-dealkylation sites (N-methyl/N-ethyl adjacent to an activating group) is 1. The minimum atomic E-state index is -0.617. The van der Waals surface area contributed by atoms with E-state index in [4.69, 9.17) is 0 Å². The second-order valence-corrected chi connectivity index (χ2v) is 5.77. The van der Waals surface area contributed by atoms with Crippen LogP contribution in [0.25, 0.3) is 0 Å². The van der Waals surface area contributed by atoms with Gasteiger partial charge >= 0.3 is 5.69 Å². The maximum Gasteiger partial charge on any atom is 0.312 e. The van der Waals surface area contributed by atoms with Gasteiger partial charge in [0.2, 0.25) is 0 Å². The minimum absolute atomic E-state index is 0.0348. The monoisotopic (exact) mass is 297 g/mol. The number of nitro groups is 1. The van der Waals surface area contributed by atoms with E-state index in [1.165, 1.54) is 4.68 Å². The Hall–Kier alpha value is -1.51. The molecule has 2 rings (SSSR count). The molecule has 1 aromatic heterocycles. The van der Waals surface area contributed by atoms with Crippen molar-refractivity contribution in [2.45, 2.75) is 39.0 Å². The quantitative estimate of drug-likeness (QED) is 0.569. The summed E-state index contributed by atoms with van der Waals surface area (Å²) in [5, 5.41) is 28.5. The van der Waals surface area contributed by atoms with E-state index in [1.807, 2.05) is 0 Å². The maximum atomic E-state index is 10.9. The summed E-state index contributed by atoms with van der Waals surface area (Å²) in [6.45, 7) is 6.04. The summed E-state index contributed by atoms with van der Waals surface area (Å²) >= 11 is 0. The summed E-state index contributed by atoms with van der Waals surface area (Å²) in [6, 6.07) is 0.402. The summed E-state index contributed by atoms with van der Waals surface area (Å²) in [7, 11) is 2.08. The van der Waals surface area contributed by atoms with E-state index in [9.17, 15) is 15.2 Å². The van der Waals surface area contributed by atoms with Crippen molar-refractivity contribution in [2.75, 3.05) is 26.7 Å². The van der Waals surface area contributed by atoms with Crippen molar-refractivity contribution in [3.8, 4) is 0 Å². The van der Waals surface area contributed by atoms with Crippen molar-refractivity contribution >= 4 is 5.69 Å². The molecule has 0 aromatic carbocycles. The van der Waals surface area contributed by atoms with E-state index in [0.29, 0.717) is 24.0 Å². The van der Waals surface area contributed by atoms with Crippen molar-refractivity contribution < 1.29 is 10.0 Å². The molecular weight excluding hydrogens is 274 g/mol. The number of aryl methyl sites for hydroxylation is 1. The van der Waals surface area contributed by atoms with Crippen LogP contribution in [0, 0.1) is 24.0 Å². The van der Waals surface area contributed by atoms with Crippen LogP contribution in [-0.2, 0) is 6.54 Å². The molecule has 2 heterocycles. The van der Waals surface area contributed by atoms with E-state index < -0.39 is 11.0 Å². The van der Waals surface area contributed by atoms with Gasteiger partial charge in [-0.15, -0.1) is 0 Å². The zero-order valence-electron chi connectivity index (χ0n) is 12.7. The van der Waals surface area contributed by atoms with Gasteiger partial charge in [-0.3, -0.25) is 14.8 Å². The van der Waals surface area contributed by atoms with Gasteiger partial charge in [0, 0.05) is 19.1 Å². The molecule has 1 aromatic rings. The van der Waals surface area contributed by atoms with Crippen LogP contribution in [0.2, 0.25) is 0 Å². The SMILES string of the molecule is Cc1nn(CC(O)CNC2CCN(C)C2)c(C)c1[N+](=O)[O-]. The van der Waals surface area contributed by atoms with Gasteiger partial charge in [0.15, 0.2) is 0 Å². The number of nitrogens with zero attached hydrogens (tertiary/aromatic N) is 4. The maximum absolute atomic E-state index is 10.9. The van der Waals surface area contributed by atoms with Crippen LogP contribution >= 0.6 is 0 Å². The highest BCUT2D eigenvalue weighted by Gasteiger charge is 2.24. The molecule has 0 radical (unpaired) electrons. The van der Waals surface area contributed by atoms with Gasteiger partial charge in [0.25, 0.3) is 0 Å². The normalized spacial score (nSPS) is 20.9. The predicted molar refractivity (Wildman–Crippen MR) is 78.3 cm³/mol. The molecule has 0 bridgehead atoms. The summed E-state index contributed by atoms with van der Waals surface area (Å²) in [5.74, 6) is 0. The third-order valence-corrected chi connectivity index (χ3v) is 3.94. The highest BCUT2D eigenvalue weighted by atomic mass is 16.6. The summed E-state index contributed by atoms with van der Waals surface area (Å²) in [4.78, 5) is 12.8. The number of likely N-dealkylation sites (tertiary alicyclic amines) is 1. The van der Waals surface area contributed by atoms with Gasteiger partial charge in [-0.1, -0.05) is 0 Å². The first-order chi connectivity index (χ1) is 9.88. The standard InChI is InChI=1S/C13H23N5O3/c1-9-13(18(20)21)10(2)17(15-9)8-12(19)6-14-11-4-5-16(3)7-11/h11-12,14,19H,4-8H2,1-3H3. The lowest BCUT2D eigenvalue weighted by molar-refractivity contribution is -0.386. The lowest BCUT2D eigenvalue weighted by atomic mass is 10.2. The molecule has 118 valence electrons.